The first-order valence-electron chi connectivity index (χ1n) is 10.9. The second-order valence-corrected chi connectivity index (χ2v) is 9.10. The number of imidazole rings is 1. The van der Waals surface area contributed by atoms with Crippen molar-refractivity contribution >= 4 is 52.7 Å². The zero-order chi connectivity index (χ0) is 23.7. The Bertz CT molecular complexity index is 1320. The lowest BCUT2D eigenvalue weighted by atomic mass is 10.2. The molecule has 12 heteroatoms. The molecule has 1 aromatic carbocycles. The van der Waals surface area contributed by atoms with Gasteiger partial charge in [-0.2, -0.15) is 0 Å². The number of rotatable bonds is 5. The van der Waals surface area contributed by atoms with E-state index in [0.29, 0.717) is 46.4 Å². The van der Waals surface area contributed by atoms with Gasteiger partial charge in [0.15, 0.2) is 11.2 Å². The van der Waals surface area contributed by atoms with Gasteiger partial charge in [-0.3, -0.25) is 18.7 Å². The molecule has 0 unspecified atom stereocenters. The van der Waals surface area contributed by atoms with Crippen molar-refractivity contribution < 1.29 is 4.79 Å². The van der Waals surface area contributed by atoms with E-state index in [-0.39, 0.29) is 29.6 Å². The number of amides is 1. The summed E-state index contributed by atoms with van der Waals surface area (Å²) in [6.07, 6.45) is 3.31. The van der Waals surface area contributed by atoms with Crippen molar-refractivity contribution in [3.63, 3.8) is 0 Å². The first-order valence-corrected chi connectivity index (χ1v) is 11.6. The summed E-state index contributed by atoms with van der Waals surface area (Å²) in [4.78, 5) is 46.0. The van der Waals surface area contributed by atoms with E-state index in [2.05, 4.69) is 9.88 Å². The van der Waals surface area contributed by atoms with Crippen molar-refractivity contribution in [2.75, 3.05) is 32.7 Å². The predicted octanol–water partition coefficient (Wildman–Crippen LogP) is 2.40. The molecule has 0 radical (unpaired) electrons. The van der Waals surface area contributed by atoms with Crippen LogP contribution in [0.5, 0.6) is 0 Å². The summed E-state index contributed by atoms with van der Waals surface area (Å²) >= 11 is 12.0. The molecule has 1 aliphatic heterocycles. The van der Waals surface area contributed by atoms with Gasteiger partial charge < -0.3 is 14.4 Å². The quantitative estimate of drug-likeness (QED) is 0.507. The maximum absolute atomic E-state index is 12.9. The van der Waals surface area contributed by atoms with Gasteiger partial charge in [-0.25, -0.2) is 9.78 Å². The zero-order valence-corrected chi connectivity index (χ0v) is 21.4. The van der Waals surface area contributed by atoms with Gasteiger partial charge in [0.1, 0.15) is 0 Å². The Morgan fingerprint density at radius 3 is 2.50 bits per heavy atom. The van der Waals surface area contributed by atoms with Crippen LogP contribution in [0.15, 0.2) is 34.1 Å². The van der Waals surface area contributed by atoms with Gasteiger partial charge in [-0.05, 0) is 44.1 Å². The molecule has 1 fully saturated rings. The van der Waals surface area contributed by atoms with E-state index in [9.17, 15) is 14.4 Å². The predicted molar refractivity (Wildman–Crippen MR) is 136 cm³/mol. The summed E-state index contributed by atoms with van der Waals surface area (Å²) in [6, 6.07) is 4.96. The molecular formula is C22H27Cl3N6O3. The van der Waals surface area contributed by atoms with Crippen LogP contribution in [0.2, 0.25) is 10.0 Å². The Balaban J connectivity index is 0.00000324. The Labute approximate surface area is 212 Å². The number of carbonyl (C=O) groups excluding carboxylic acids is 1. The van der Waals surface area contributed by atoms with Crippen LogP contribution in [-0.4, -0.2) is 67.1 Å². The number of hydrogen-bond acceptors (Lipinski definition) is 5. The average molecular weight is 530 g/mol. The second-order valence-electron chi connectivity index (χ2n) is 8.29. The molecule has 9 nitrogen and oxygen atoms in total. The van der Waals surface area contributed by atoms with Crippen LogP contribution in [-0.2, 0) is 20.6 Å². The maximum atomic E-state index is 12.9. The van der Waals surface area contributed by atoms with Crippen molar-refractivity contribution in [2.24, 2.45) is 14.1 Å². The van der Waals surface area contributed by atoms with Crippen LogP contribution in [0.1, 0.15) is 23.2 Å². The average Bonchev–Trinajstić information content (AvgIpc) is 3.08. The smallest absolute Gasteiger partial charge is 0.332 e. The van der Waals surface area contributed by atoms with E-state index in [4.69, 9.17) is 23.2 Å². The standard InChI is InChI=1S/C22H26Cl2N6O3.ClH/c1-26-19-18(21(32)27(2)22(26)33)30(14-25-19)10-4-8-28-7-3-9-29(12-11-28)20(31)15-5-6-16(23)17(24)13-15;/h5-6,13-14H,3-4,7-12H2,1-2H3;1H. The number of hydrogen-bond donors (Lipinski definition) is 0. The molecule has 0 spiro atoms. The van der Waals surface area contributed by atoms with E-state index in [1.165, 1.54) is 11.6 Å². The monoisotopic (exact) mass is 528 g/mol. The van der Waals surface area contributed by atoms with Gasteiger partial charge in [-0.1, -0.05) is 23.2 Å². The molecule has 0 bridgehead atoms. The van der Waals surface area contributed by atoms with Gasteiger partial charge in [0.05, 0.1) is 16.4 Å². The number of halogens is 3. The molecular weight excluding hydrogens is 503 g/mol. The third kappa shape index (κ3) is 5.17. The third-order valence-corrected chi connectivity index (χ3v) is 6.87. The van der Waals surface area contributed by atoms with Gasteiger partial charge in [0.25, 0.3) is 11.5 Å². The van der Waals surface area contributed by atoms with E-state index in [0.717, 1.165) is 37.0 Å². The molecule has 2 aromatic heterocycles. The number of nitrogens with zero attached hydrogens (tertiary/aromatic N) is 6. The van der Waals surface area contributed by atoms with E-state index >= 15 is 0 Å². The Hall–Kier alpha value is -2.33. The number of benzene rings is 1. The minimum atomic E-state index is -0.387. The SMILES string of the molecule is Cl.Cn1c(=O)c2c(ncn2CCCN2CCCN(C(=O)c3ccc(Cl)c(Cl)c3)CC2)n(C)c1=O. The molecule has 3 aromatic rings. The second kappa shape index (κ2) is 10.9. The lowest BCUT2D eigenvalue weighted by Gasteiger charge is -2.22. The highest BCUT2D eigenvalue weighted by Crippen LogP contribution is 2.23. The largest absolute Gasteiger partial charge is 0.337 e. The van der Waals surface area contributed by atoms with Crippen molar-refractivity contribution in [1.82, 2.24) is 28.5 Å². The van der Waals surface area contributed by atoms with Gasteiger partial charge in [0, 0.05) is 45.8 Å². The Morgan fingerprint density at radius 2 is 1.76 bits per heavy atom. The number of aromatic nitrogens is 4. The molecule has 0 aliphatic carbocycles. The maximum Gasteiger partial charge on any atom is 0.332 e. The summed E-state index contributed by atoms with van der Waals surface area (Å²) in [5, 5.41) is 0.807. The summed E-state index contributed by atoms with van der Waals surface area (Å²) < 4.78 is 4.31. The van der Waals surface area contributed by atoms with Crippen LogP contribution in [0.3, 0.4) is 0 Å². The van der Waals surface area contributed by atoms with Crippen LogP contribution < -0.4 is 11.2 Å². The van der Waals surface area contributed by atoms with Crippen LogP contribution in [0.4, 0.5) is 0 Å². The van der Waals surface area contributed by atoms with Crippen molar-refractivity contribution in [2.45, 2.75) is 19.4 Å². The lowest BCUT2D eigenvalue weighted by molar-refractivity contribution is 0.0761. The molecule has 4 rings (SSSR count). The van der Waals surface area contributed by atoms with Gasteiger partial charge >= 0.3 is 5.69 Å². The molecule has 184 valence electrons. The fourth-order valence-corrected chi connectivity index (χ4v) is 4.54. The lowest BCUT2D eigenvalue weighted by Crippen LogP contribution is -2.37. The summed E-state index contributed by atoms with van der Waals surface area (Å²) in [6.45, 7) is 4.44. The molecule has 0 N–H and O–H groups in total. The molecule has 1 amide bonds. The summed E-state index contributed by atoms with van der Waals surface area (Å²) in [5.74, 6) is -0.0400. The summed E-state index contributed by atoms with van der Waals surface area (Å²) in [5.41, 5.74) is 0.656. The summed E-state index contributed by atoms with van der Waals surface area (Å²) in [7, 11) is 3.09. The Kier molecular flexibility index (Phi) is 8.46. The molecule has 1 aliphatic rings. The topological polar surface area (TPSA) is 85.4 Å². The number of carbonyl (C=O) groups is 1. The first-order chi connectivity index (χ1) is 15.8. The highest BCUT2D eigenvalue weighted by atomic mass is 35.5. The number of fused-ring (bicyclic) bond motifs is 1. The van der Waals surface area contributed by atoms with Gasteiger partial charge in [0.2, 0.25) is 0 Å². The zero-order valence-electron chi connectivity index (χ0n) is 19.0. The van der Waals surface area contributed by atoms with Crippen LogP contribution >= 0.6 is 35.6 Å². The first kappa shape index (κ1) is 26.3. The van der Waals surface area contributed by atoms with E-state index in [1.807, 2.05) is 9.47 Å². The minimum absolute atomic E-state index is 0. The molecule has 34 heavy (non-hydrogen) atoms. The fourth-order valence-electron chi connectivity index (χ4n) is 4.24. The Morgan fingerprint density at radius 1 is 1.00 bits per heavy atom. The molecule has 1 saturated heterocycles. The van der Waals surface area contributed by atoms with E-state index < -0.39 is 0 Å². The highest BCUT2D eigenvalue weighted by molar-refractivity contribution is 6.42. The fraction of sp³-hybridized carbons (Fsp3) is 0.455. The van der Waals surface area contributed by atoms with Crippen molar-refractivity contribution in [3.8, 4) is 0 Å². The van der Waals surface area contributed by atoms with Crippen LogP contribution in [0.25, 0.3) is 11.2 Å². The normalized spacial score (nSPS) is 14.8. The number of aryl methyl sites for hydroxylation is 2. The van der Waals surface area contributed by atoms with Gasteiger partial charge in [-0.15, -0.1) is 12.4 Å². The highest BCUT2D eigenvalue weighted by Gasteiger charge is 2.21. The van der Waals surface area contributed by atoms with Crippen molar-refractivity contribution in [3.05, 3.63) is 61.0 Å². The molecule has 0 saturated carbocycles. The van der Waals surface area contributed by atoms with Crippen molar-refractivity contribution in [1.29, 1.82) is 0 Å². The minimum Gasteiger partial charge on any atom is -0.337 e. The molecule has 0 atom stereocenters. The third-order valence-electron chi connectivity index (χ3n) is 6.13. The van der Waals surface area contributed by atoms with Crippen LogP contribution in [0, 0.1) is 0 Å². The van der Waals surface area contributed by atoms with E-state index in [1.54, 1.807) is 31.6 Å². The molecule has 3 heterocycles.